The van der Waals surface area contributed by atoms with Crippen LogP contribution in [0.2, 0.25) is 5.02 Å². The van der Waals surface area contributed by atoms with Crippen molar-refractivity contribution in [1.82, 2.24) is 4.98 Å². The van der Waals surface area contributed by atoms with E-state index in [1.165, 1.54) is 18.2 Å². The molecule has 1 amide bonds. The SMILES string of the molecule is O=C(COC(=O)c1c2c(nc3ccccc13)CCCCC2)Nc1ccc(Cl)c(C(=O)O)c1. The van der Waals surface area contributed by atoms with E-state index in [0.29, 0.717) is 10.9 Å². The number of hydrogen-bond donors (Lipinski definition) is 2. The number of para-hydroxylation sites is 1. The number of anilines is 1. The van der Waals surface area contributed by atoms with E-state index in [2.05, 4.69) is 5.32 Å². The number of hydrogen-bond acceptors (Lipinski definition) is 5. The number of esters is 1. The second kappa shape index (κ2) is 9.36. The van der Waals surface area contributed by atoms with Gasteiger partial charge in [0.1, 0.15) is 0 Å². The number of carbonyl (C=O) groups is 3. The molecule has 32 heavy (non-hydrogen) atoms. The van der Waals surface area contributed by atoms with Gasteiger partial charge < -0.3 is 15.2 Å². The van der Waals surface area contributed by atoms with Crippen molar-refractivity contribution in [1.29, 1.82) is 0 Å². The lowest BCUT2D eigenvalue weighted by atomic mass is 9.97. The van der Waals surface area contributed by atoms with E-state index < -0.39 is 24.5 Å². The maximum atomic E-state index is 13.1. The molecule has 1 aromatic heterocycles. The number of carboxylic acids is 1. The summed E-state index contributed by atoms with van der Waals surface area (Å²) in [7, 11) is 0. The second-order valence-electron chi connectivity index (χ2n) is 7.61. The van der Waals surface area contributed by atoms with Crippen LogP contribution in [-0.2, 0) is 22.4 Å². The van der Waals surface area contributed by atoms with Gasteiger partial charge in [-0.15, -0.1) is 0 Å². The van der Waals surface area contributed by atoms with Crippen molar-refractivity contribution in [3.63, 3.8) is 0 Å². The lowest BCUT2D eigenvalue weighted by Gasteiger charge is -2.15. The van der Waals surface area contributed by atoms with Crippen LogP contribution in [0.4, 0.5) is 5.69 Å². The van der Waals surface area contributed by atoms with Gasteiger partial charge in [0.15, 0.2) is 6.61 Å². The minimum atomic E-state index is -1.21. The number of aryl methyl sites for hydroxylation is 1. The maximum absolute atomic E-state index is 13.1. The highest BCUT2D eigenvalue weighted by atomic mass is 35.5. The highest BCUT2D eigenvalue weighted by molar-refractivity contribution is 6.33. The van der Waals surface area contributed by atoms with Crippen LogP contribution in [0.1, 0.15) is 51.2 Å². The maximum Gasteiger partial charge on any atom is 0.339 e. The largest absolute Gasteiger partial charge is 0.478 e. The Balaban J connectivity index is 1.53. The number of carbonyl (C=O) groups excluding carboxylic acids is 2. The number of aromatic carboxylic acids is 1. The molecule has 0 fully saturated rings. The predicted molar refractivity (Wildman–Crippen MR) is 120 cm³/mol. The van der Waals surface area contributed by atoms with Crippen molar-refractivity contribution in [2.75, 3.05) is 11.9 Å². The number of carboxylic acid groups (broad SMARTS) is 1. The zero-order valence-corrected chi connectivity index (χ0v) is 17.9. The van der Waals surface area contributed by atoms with Crippen molar-refractivity contribution in [2.45, 2.75) is 32.1 Å². The molecular formula is C24H21ClN2O5. The van der Waals surface area contributed by atoms with Crippen molar-refractivity contribution in [2.24, 2.45) is 0 Å². The van der Waals surface area contributed by atoms with E-state index in [9.17, 15) is 14.4 Å². The molecule has 1 aliphatic carbocycles. The number of amides is 1. The molecular weight excluding hydrogens is 432 g/mol. The minimum Gasteiger partial charge on any atom is -0.478 e. The Morgan fingerprint density at radius 2 is 1.84 bits per heavy atom. The third-order valence-corrected chi connectivity index (χ3v) is 5.77. The third kappa shape index (κ3) is 4.57. The molecule has 0 radical (unpaired) electrons. The number of nitrogens with zero attached hydrogens (tertiary/aromatic N) is 1. The van der Waals surface area contributed by atoms with E-state index in [-0.39, 0.29) is 16.3 Å². The summed E-state index contributed by atoms with van der Waals surface area (Å²) in [6.45, 7) is -0.505. The lowest BCUT2D eigenvalue weighted by Crippen LogP contribution is -2.22. The normalized spacial score (nSPS) is 13.2. The summed E-state index contributed by atoms with van der Waals surface area (Å²) in [6.07, 6.45) is 4.61. The van der Waals surface area contributed by atoms with Crippen LogP contribution in [-0.4, -0.2) is 34.5 Å². The molecule has 0 atom stereocenters. The Hall–Kier alpha value is -3.45. The topological polar surface area (TPSA) is 106 Å². The number of fused-ring (bicyclic) bond motifs is 2. The van der Waals surface area contributed by atoms with Crippen molar-refractivity contribution < 1.29 is 24.2 Å². The summed E-state index contributed by atoms with van der Waals surface area (Å²) in [5.74, 6) is -2.36. The first-order valence-electron chi connectivity index (χ1n) is 10.3. The highest BCUT2D eigenvalue weighted by Crippen LogP contribution is 2.29. The first-order chi connectivity index (χ1) is 15.4. The standard InChI is InChI=1S/C24H21ClN2O5/c25-18-11-10-14(12-17(18)23(29)30)26-21(28)13-32-24(31)22-15-6-2-1-3-8-19(15)27-20-9-5-4-7-16(20)22/h4-5,7,9-12H,1-3,6,8,13H2,(H,26,28)(H,29,30). The average molecular weight is 453 g/mol. The molecule has 0 unspecified atom stereocenters. The van der Waals surface area contributed by atoms with E-state index in [0.717, 1.165) is 48.9 Å². The van der Waals surface area contributed by atoms with Gasteiger partial charge in [-0.05, 0) is 55.5 Å². The van der Waals surface area contributed by atoms with Crippen LogP contribution >= 0.6 is 11.6 Å². The minimum absolute atomic E-state index is 0.0622. The van der Waals surface area contributed by atoms with Gasteiger partial charge in [0.25, 0.3) is 5.91 Å². The first kappa shape index (κ1) is 21.8. The van der Waals surface area contributed by atoms with E-state index in [4.69, 9.17) is 26.4 Å². The van der Waals surface area contributed by atoms with Gasteiger partial charge in [0, 0.05) is 16.8 Å². The Labute approximate surface area is 189 Å². The molecule has 164 valence electrons. The van der Waals surface area contributed by atoms with Crippen molar-refractivity contribution in [3.8, 4) is 0 Å². The fourth-order valence-corrected chi connectivity index (χ4v) is 4.15. The molecule has 0 spiro atoms. The first-order valence-corrected chi connectivity index (χ1v) is 10.7. The van der Waals surface area contributed by atoms with Crippen LogP contribution in [0, 0.1) is 0 Å². The van der Waals surface area contributed by atoms with Gasteiger partial charge in [-0.1, -0.05) is 36.2 Å². The Morgan fingerprint density at radius 1 is 1.06 bits per heavy atom. The molecule has 3 aromatic rings. The van der Waals surface area contributed by atoms with Crippen LogP contribution in [0.25, 0.3) is 10.9 Å². The average Bonchev–Trinajstić information content (AvgIpc) is 3.02. The highest BCUT2D eigenvalue weighted by Gasteiger charge is 2.23. The summed E-state index contributed by atoms with van der Waals surface area (Å²) < 4.78 is 5.36. The molecule has 2 N–H and O–H groups in total. The van der Waals surface area contributed by atoms with Crippen molar-refractivity contribution in [3.05, 3.63) is 69.9 Å². The molecule has 4 rings (SSSR count). The van der Waals surface area contributed by atoms with E-state index >= 15 is 0 Å². The number of benzene rings is 2. The molecule has 8 heteroatoms. The van der Waals surface area contributed by atoms with Gasteiger partial charge in [0.05, 0.1) is 21.7 Å². The summed E-state index contributed by atoms with van der Waals surface area (Å²) in [5.41, 5.74) is 3.13. The number of ether oxygens (including phenoxy) is 1. The van der Waals surface area contributed by atoms with Gasteiger partial charge >= 0.3 is 11.9 Å². The van der Waals surface area contributed by atoms with Gasteiger partial charge in [-0.2, -0.15) is 0 Å². The summed E-state index contributed by atoms with van der Waals surface area (Å²) in [6, 6.07) is 11.5. The van der Waals surface area contributed by atoms with Crippen LogP contribution in [0.5, 0.6) is 0 Å². The van der Waals surface area contributed by atoms with Crippen LogP contribution < -0.4 is 5.32 Å². The number of halogens is 1. The van der Waals surface area contributed by atoms with Gasteiger partial charge in [-0.25, -0.2) is 9.59 Å². The predicted octanol–water partition coefficient (Wildman–Crippen LogP) is 4.65. The molecule has 0 saturated carbocycles. The second-order valence-corrected chi connectivity index (χ2v) is 8.02. The molecule has 0 saturated heterocycles. The number of rotatable bonds is 5. The number of aromatic nitrogens is 1. The smallest absolute Gasteiger partial charge is 0.339 e. The molecule has 1 heterocycles. The van der Waals surface area contributed by atoms with E-state index in [1.54, 1.807) is 0 Å². The zero-order chi connectivity index (χ0) is 22.7. The van der Waals surface area contributed by atoms with E-state index in [1.807, 2.05) is 24.3 Å². The zero-order valence-electron chi connectivity index (χ0n) is 17.2. The molecule has 0 aliphatic heterocycles. The number of pyridine rings is 1. The van der Waals surface area contributed by atoms with Gasteiger partial charge in [-0.3, -0.25) is 9.78 Å². The lowest BCUT2D eigenvalue weighted by molar-refractivity contribution is -0.119. The van der Waals surface area contributed by atoms with Crippen LogP contribution in [0.15, 0.2) is 42.5 Å². The Kier molecular flexibility index (Phi) is 6.37. The molecule has 7 nitrogen and oxygen atoms in total. The monoisotopic (exact) mass is 452 g/mol. The third-order valence-electron chi connectivity index (χ3n) is 5.44. The summed E-state index contributed by atoms with van der Waals surface area (Å²) in [5, 5.41) is 12.5. The molecule has 2 aromatic carbocycles. The fraction of sp³-hybridized carbons (Fsp3) is 0.250. The molecule has 0 bridgehead atoms. The Bertz CT molecular complexity index is 1220. The Morgan fingerprint density at radius 3 is 2.66 bits per heavy atom. The molecule has 1 aliphatic rings. The summed E-state index contributed by atoms with van der Waals surface area (Å²) in [4.78, 5) is 41.4. The fourth-order valence-electron chi connectivity index (χ4n) is 3.95. The van der Waals surface area contributed by atoms with Crippen LogP contribution in [0.3, 0.4) is 0 Å². The van der Waals surface area contributed by atoms with Crippen molar-refractivity contribution >= 4 is 46.0 Å². The quantitative estimate of drug-likeness (QED) is 0.431. The van der Waals surface area contributed by atoms with Gasteiger partial charge in [0.2, 0.25) is 0 Å². The summed E-state index contributed by atoms with van der Waals surface area (Å²) >= 11 is 5.85. The number of nitrogens with one attached hydrogen (secondary N) is 1.